The van der Waals surface area contributed by atoms with Crippen molar-refractivity contribution in [3.05, 3.63) is 45.7 Å². The van der Waals surface area contributed by atoms with Crippen LogP contribution in [0.5, 0.6) is 0 Å². The van der Waals surface area contributed by atoms with Crippen LogP contribution in [0.1, 0.15) is 36.0 Å². The van der Waals surface area contributed by atoms with Gasteiger partial charge in [0.2, 0.25) is 5.91 Å². The Hall–Kier alpha value is -1.88. The van der Waals surface area contributed by atoms with Gasteiger partial charge in [0.1, 0.15) is 5.82 Å². The topological polar surface area (TPSA) is 38.1 Å². The molecule has 22 heavy (non-hydrogen) atoms. The van der Waals surface area contributed by atoms with Crippen molar-refractivity contribution in [1.82, 2.24) is 14.5 Å². The Morgan fingerprint density at radius 1 is 1.23 bits per heavy atom. The van der Waals surface area contributed by atoms with E-state index in [-0.39, 0.29) is 5.91 Å². The van der Waals surface area contributed by atoms with Crippen LogP contribution < -0.4 is 0 Å². The van der Waals surface area contributed by atoms with Gasteiger partial charge in [-0.15, -0.1) is 11.3 Å². The van der Waals surface area contributed by atoms with Gasteiger partial charge in [0.25, 0.3) is 0 Å². The highest BCUT2D eigenvalue weighted by Gasteiger charge is 2.26. The van der Waals surface area contributed by atoms with E-state index >= 15 is 0 Å². The van der Waals surface area contributed by atoms with Crippen LogP contribution in [0.3, 0.4) is 0 Å². The van der Waals surface area contributed by atoms with E-state index in [2.05, 4.69) is 27.2 Å². The number of nitrogens with zero attached hydrogens (tertiary/aromatic N) is 3. The van der Waals surface area contributed by atoms with Gasteiger partial charge in [0.05, 0.1) is 0 Å². The number of rotatable bonds is 0. The summed E-state index contributed by atoms with van der Waals surface area (Å²) in [5, 5.41) is 2.19. The number of fused-ring (bicyclic) bond motifs is 2. The second-order valence-electron chi connectivity index (χ2n) is 5.95. The molecule has 2 aromatic rings. The Kier molecular flexibility index (Phi) is 3.37. The second kappa shape index (κ2) is 5.39. The van der Waals surface area contributed by atoms with E-state index in [1.165, 1.54) is 21.6 Å². The maximum absolute atomic E-state index is 11.5. The summed E-state index contributed by atoms with van der Waals surface area (Å²) in [6.45, 7) is 4.31. The summed E-state index contributed by atoms with van der Waals surface area (Å²) in [6, 6.07) is 2.25. The predicted molar refractivity (Wildman–Crippen MR) is 87.8 cm³/mol. The number of hydrogen-bond acceptors (Lipinski definition) is 3. The normalized spacial score (nSPS) is 18.0. The van der Waals surface area contributed by atoms with E-state index in [1.807, 2.05) is 22.4 Å². The average molecular weight is 313 g/mol. The maximum Gasteiger partial charge on any atom is 0.219 e. The molecule has 4 rings (SSSR count). The van der Waals surface area contributed by atoms with Crippen LogP contribution in [-0.4, -0.2) is 33.4 Å². The summed E-state index contributed by atoms with van der Waals surface area (Å²) in [7, 11) is 0. The maximum atomic E-state index is 11.5. The molecule has 0 N–H and O–H groups in total. The van der Waals surface area contributed by atoms with Gasteiger partial charge in [-0.3, -0.25) is 4.79 Å². The van der Waals surface area contributed by atoms with Gasteiger partial charge in [0.15, 0.2) is 0 Å². The summed E-state index contributed by atoms with van der Waals surface area (Å²) in [5.41, 5.74) is 4.22. The van der Waals surface area contributed by atoms with Gasteiger partial charge in [-0.1, -0.05) is 5.57 Å². The highest BCUT2D eigenvalue weighted by Crippen LogP contribution is 2.38. The van der Waals surface area contributed by atoms with E-state index in [1.54, 1.807) is 6.92 Å². The van der Waals surface area contributed by atoms with Gasteiger partial charge in [-0.2, -0.15) is 0 Å². The molecule has 0 atom stereocenters. The minimum atomic E-state index is 0.184. The number of aromatic nitrogens is 2. The second-order valence-corrected chi connectivity index (χ2v) is 6.87. The molecule has 0 unspecified atom stereocenters. The van der Waals surface area contributed by atoms with Crippen molar-refractivity contribution in [1.29, 1.82) is 0 Å². The van der Waals surface area contributed by atoms with E-state index in [0.717, 1.165) is 44.7 Å². The first-order valence-corrected chi connectivity index (χ1v) is 8.68. The molecule has 114 valence electrons. The van der Waals surface area contributed by atoms with Crippen molar-refractivity contribution in [2.75, 3.05) is 13.1 Å². The summed E-state index contributed by atoms with van der Waals surface area (Å²) >= 11 is 1.82. The van der Waals surface area contributed by atoms with Gasteiger partial charge < -0.3 is 9.47 Å². The first-order valence-electron chi connectivity index (χ1n) is 7.80. The van der Waals surface area contributed by atoms with Crippen molar-refractivity contribution >= 4 is 22.8 Å². The fraction of sp³-hybridized carbons (Fsp3) is 0.412. The molecule has 1 saturated heterocycles. The van der Waals surface area contributed by atoms with Gasteiger partial charge in [-0.25, -0.2) is 4.98 Å². The van der Waals surface area contributed by atoms with Crippen molar-refractivity contribution < 1.29 is 4.79 Å². The lowest BCUT2D eigenvalue weighted by atomic mass is 9.95. The van der Waals surface area contributed by atoms with E-state index in [4.69, 9.17) is 0 Å². The van der Waals surface area contributed by atoms with Crippen molar-refractivity contribution in [3.8, 4) is 0 Å². The van der Waals surface area contributed by atoms with Crippen LogP contribution in [-0.2, 0) is 17.8 Å². The lowest BCUT2D eigenvalue weighted by molar-refractivity contribution is -0.129. The average Bonchev–Trinajstić information content (AvgIpc) is 3.14. The van der Waals surface area contributed by atoms with Crippen LogP contribution in [0.2, 0.25) is 0 Å². The minimum Gasteiger partial charge on any atom is -0.342 e. The van der Waals surface area contributed by atoms with E-state index in [9.17, 15) is 4.79 Å². The van der Waals surface area contributed by atoms with Crippen LogP contribution >= 0.6 is 11.3 Å². The SMILES string of the molecule is CC(=O)N1CCC(=C2c3sccc3CCn3ccnc32)CC1. The number of likely N-dealkylation sites (tertiary alicyclic amines) is 1. The number of carbonyl (C=O) groups excluding carboxylic acids is 1. The molecule has 5 heteroatoms. The number of thiophene rings is 1. The van der Waals surface area contributed by atoms with Crippen LogP contribution in [0.15, 0.2) is 29.4 Å². The molecule has 0 radical (unpaired) electrons. The molecule has 0 aromatic carbocycles. The fourth-order valence-electron chi connectivity index (χ4n) is 3.47. The molecule has 1 fully saturated rings. The Balaban J connectivity index is 1.80. The van der Waals surface area contributed by atoms with Gasteiger partial charge in [0, 0.05) is 49.4 Å². The highest BCUT2D eigenvalue weighted by molar-refractivity contribution is 7.11. The first kappa shape index (κ1) is 13.8. The molecule has 2 aromatic heterocycles. The molecule has 0 saturated carbocycles. The van der Waals surface area contributed by atoms with Crippen molar-refractivity contribution in [2.24, 2.45) is 0 Å². The lowest BCUT2D eigenvalue weighted by Gasteiger charge is -2.29. The monoisotopic (exact) mass is 313 g/mol. The summed E-state index contributed by atoms with van der Waals surface area (Å²) in [6.07, 6.45) is 6.97. The molecule has 4 nitrogen and oxygen atoms in total. The molecule has 2 aliphatic heterocycles. The summed E-state index contributed by atoms with van der Waals surface area (Å²) in [5.74, 6) is 1.29. The molecule has 1 amide bonds. The van der Waals surface area contributed by atoms with Crippen molar-refractivity contribution in [3.63, 3.8) is 0 Å². The zero-order valence-electron chi connectivity index (χ0n) is 12.7. The zero-order chi connectivity index (χ0) is 15.1. The van der Waals surface area contributed by atoms with Crippen molar-refractivity contribution in [2.45, 2.75) is 32.7 Å². The fourth-order valence-corrected chi connectivity index (χ4v) is 4.52. The van der Waals surface area contributed by atoms with Gasteiger partial charge in [-0.05, 0) is 36.3 Å². The molecule has 2 aliphatic rings. The molecular formula is C17H19N3OS. The van der Waals surface area contributed by atoms with E-state index < -0.39 is 0 Å². The summed E-state index contributed by atoms with van der Waals surface area (Å²) < 4.78 is 2.27. The first-order chi connectivity index (χ1) is 10.7. The quantitative estimate of drug-likeness (QED) is 0.750. The minimum absolute atomic E-state index is 0.184. The number of imidazole rings is 1. The standard InChI is InChI=1S/C17H19N3OS/c1-12(21)19-7-2-13(3-8-19)15-16-14(5-11-22-16)4-9-20-10-6-18-17(15)20/h5-6,10-11H,2-4,7-9H2,1H3. The molecule has 0 spiro atoms. The molecule has 0 aliphatic carbocycles. The predicted octanol–water partition coefficient (Wildman–Crippen LogP) is 2.94. The van der Waals surface area contributed by atoms with Gasteiger partial charge >= 0.3 is 0 Å². The van der Waals surface area contributed by atoms with Crippen LogP contribution in [0.25, 0.3) is 5.57 Å². The Bertz CT molecular complexity index is 701. The highest BCUT2D eigenvalue weighted by atomic mass is 32.1. The Morgan fingerprint density at radius 2 is 2.05 bits per heavy atom. The third kappa shape index (κ3) is 2.20. The molecule has 4 heterocycles. The number of piperidine rings is 1. The lowest BCUT2D eigenvalue weighted by Crippen LogP contribution is -2.34. The van der Waals surface area contributed by atoms with E-state index in [0.29, 0.717) is 0 Å². The molecule has 0 bridgehead atoms. The number of amides is 1. The summed E-state index contributed by atoms with van der Waals surface area (Å²) in [4.78, 5) is 19.5. The number of carbonyl (C=O) groups is 1. The number of aryl methyl sites for hydroxylation is 2. The Labute approximate surface area is 134 Å². The zero-order valence-corrected chi connectivity index (χ0v) is 13.5. The Morgan fingerprint density at radius 3 is 2.82 bits per heavy atom. The van der Waals surface area contributed by atoms with Crippen LogP contribution in [0, 0.1) is 0 Å². The largest absolute Gasteiger partial charge is 0.342 e. The third-order valence-corrected chi connectivity index (χ3v) is 5.68. The third-order valence-electron chi connectivity index (χ3n) is 4.70. The number of hydrogen-bond donors (Lipinski definition) is 0. The molecular weight excluding hydrogens is 294 g/mol. The van der Waals surface area contributed by atoms with Crippen LogP contribution in [0.4, 0.5) is 0 Å². The smallest absolute Gasteiger partial charge is 0.219 e.